The molecular formula is C40H47N2O4+. The average molecular weight is 620 g/mol. The fourth-order valence-corrected chi connectivity index (χ4v) is 8.03. The van der Waals surface area contributed by atoms with Crippen molar-refractivity contribution < 1.29 is 18.9 Å². The van der Waals surface area contributed by atoms with Crippen molar-refractivity contribution in [3.63, 3.8) is 0 Å². The van der Waals surface area contributed by atoms with Gasteiger partial charge in [0.15, 0.2) is 0 Å². The molecule has 3 heterocycles. The van der Waals surface area contributed by atoms with E-state index in [2.05, 4.69) is 102 Å². The Hall–Kier alpha value is -3.68. The van der Waals surface area contributed by atoms with Crippen LogP contribution in [0.2, 0.25) is 0 Å². The molecule has 3 aliphatic heterocycles. The Bertz CT molecular complexity index is 1540. The highest BCUT2D eigenvalue weighted by Crippen LogP contribution is 2.41. The highest BCUT2D eigenvalue weighted by molar-refractivity contribution is 5.61. The summed E-state index contributed by atoms with van der Waals surface area (Å²) in [6.07, 6.45) is 5.38. The zero-order valence-corrected chi connectivity index (χ0v) is 27.3. The lowest BCUT2D eigenvalue weighted by Crippen LogP contribution is -2.62. The van der Waals surface area contributed by atoms with Crippen molar-refractivity contribution in [2.24, 2.45) is 0 Å². The molecule has 0 spiro atoms. The minimum absolute atomic E-state index is 0.145. The van der Waals surface area contributed by atoms with Gasteiger partial charge in [0.2, 0.25) is 0 Å². The molecule has 4 aromatic rings. The third kappa shape index (κ3) is 6.32. The summed E-state index contributed by atoms with van der Waals surface area (Å²) < 4.78 is 24.7. The van der Waals surface area contributed by atoms with Crippen molar-refractivity contribution >= 4 is 11.4 Å². The van der Waals surface area contributed by atoms with Gasteiger partial charge in [-0.2, -0.15) is 0 Å². The molecule has 6 nitrogen and oxygen atoms in total. The fraction of sp³-hybridized carbons (Fsp3) is 0.400. The number of rotatable bonds is 10. The van der Waals surface area contributed by atoms with Crippen LogP contribution >= 0.6 is 0 Å². The topological polar surface area (TPSA) is 40.2 Å². The molecule has 3 unspecified atom stereocenters. The van der Waals surface area contributed by atoms with E-state index in [4.69, 9.17) is 18.9 Å². The second kappa shape index (κ2) is 14.0. The first-order valence-electron chi connectivity index (χ1n) is 17.0. The van der Waals surface area contributed by atoms with E-state index in [0.29, 0.717) is 6.04 Å². The summed E-state index contributed by atoms with van der Waals surface area (Å²) in [5, 5.41) is 0. The number of quaternary nitrogens is 1. The molecule has 0 amide bonds. The highest BCUT2D eigenvalue weighted by Gasteiger charge is 2.43. The summed E-state index contributed by atoms with van der Waals surface area (Å²) in [7, 11) is 3.47. The fourth-order valence-electron chi connectivity index (χ4n) is 8.03. The summed E-state index contributed by atoms with van der Waals surface area (Å²) in [4.78, 5) is 2.75. The van der Waals surface area contributed by atoms with Crippen molar-refractivity contribution in [3.8, 4) is 11.5 Å². The second-order valence-electron chi connectivity index (χ2n) is 12.9. The quantitative estimate of drug-likeness (QED) is 0.169. The van der Waals surface area contributed by atoms with E-state index in [1.54, 1.807) is 14.2 Å². The maximum absolute atomic E-state index is 6.43. The van der Waals surface area contributed by atoms with E-state index in [9.17, 15) is 0 Å². The monoisotopic (exact) mass is 619 g/mol. The number of fused-ring (bicyclic) bond motifs is 2. The highest BCUT2D eigenvalue weighted by atomic mass is 16.5. The van der Waals surface area contributed by atoms with Gasteiger partial charge in [0.25, 0.3) is 0 Å². The maximum atomic E-state index is 6.43. The Morgan fingerprint density at radius 1 is 0.652 bits per heavy atom. The van der Waals surface area contributed by atoms with E-state index in [1.165, 1.54) is 33.6 Å². The molecular weight excluding hydrogens is 572 g/mol. The van der Waals surface area contributed by atoms with E-state index >= 15 is 0 Å². The van der Waals surface area contributed by atoms with Crippen molar-refractivity contribution in [3.05, 3.63) is 119 Å². The van der Waals surface area contributed by atoms with E-state index in [1.807, 2.05) is 0 Å². The predicted molar refractivity (Wildman–Crippen MR) is 184 cm³/mol. The number of methoxy groups -OCH3 is 2. The van der Waals surface area contributed by atoms with Crippen LogP contribution in [0.15, 0.2) is 97.1 Å². The number of ether oxygens (including phenoxy) is 4. The average Bonchev–Trinajstić information content (AvgIpc) is 3.13. The molecule has 3 aliphatic rings. The lowest BCUT2D eigenvalue weighted by Gasteiger charge is -2.49. The van der Waals surface area contributed by atoms with Gasteiger partial charge < -0.3 is 18.9 Å². The van der Waals surface area contributed by atoms with Crippen LogP contribution in [0.1, 0.15) is 53.7 Å². The largest absolute Gasteiger partial charge is 0.497 e. The minimum Gasteiger partial charge on any atom is -0.497 e. The van der Waals surface area contributed by atoms with Crippen LogP contribution in [0, 0.1) is 0 Å². The summed E-state index contributed by atoms with van der Waals surface area (Å²) in [5.74, 6) is 1.76. The zero-order valence-electron chi connectivity index (χ0n) is 27.3. The molecule has 0 bridgehead atoms. The van der Waals surface area contributed by atoms with Crippen LogP contribution in [0.25, 0.3) is 0 Å². The summed E-state index contributed by atoms with van der Waals surface area (Å²) in [5.41, 5.74) is 8.20. The van der Waals surface area contributed by atoms with Crippen LogP contribution in [0.5, 0.6) is 11.5 Å². The smallest absolute Gasteiger partial charge is 0.138 e. The molecule has 6 heteroatoms. The van der Waals surface area contributed by atoms with Crippen LogP contribution < -0.4 is 14.0 Å². The Kier molecular flexibility index (Phi) is 9.40. The van der Waals surface area contributed by atoms with Crippen molar-refractivity contribution in [1.29, 1.82) is 0 Å². The Morgan fingerprint density at radius 3 is 1.72 bits per heavy atom. The van der Waals surface area contributed by atoms with E-state index < -0.39 is 0 Å². The van der Waals surface area contributed by atoms with Gasteiger partial charge in [-0.15, -0.1) is 0 Å². The van der Waals surface area contributed by atoms with E-state index in [0.717, 1.165) is 87.5 Å². The van der Waals surface area contributed by atoms with Crippen LogP contribution in [0.3, 0.4) is 0 Å². The maximum Gasteiger partial charge on any atom is 0.138 e. The Morgan fingerprint density at radius 2 is 1.17 bits per heavy atom. The van der Waals surface area contributed by atoms with Gasteiger partial charge in [-0.25, -0.2) is 0 Å². The molecule has 1 saturated heterocycles. The molecule has 4 aromatic carbocycles. The summed E-state index contributed by atoms with van der Waals surface area (Å²) in [6, 6.07) is 35.5. The molecule has 0 aromatic heterocycles. The van der Waals surface area contributed by atoms with Gasteiger partial charge in [0.05, 0.1) is 45.7 Å². The standard InChI is InChI=1S/C40H47N2O4/c1-43-35-16-12-33(13-17-35)42(34-14-18-36(44-2)19-15-34)26-25-41(24-21-40-38-10-6-4-8-31(38)23-28-46-40)32(29-42)11-20-39-37-9-5-3-7-30(37)22-27-45-39/h3-10,12-19,32,39-40H,11,20-29H2,1-2H3/q+1. The third-order valence-electron chi connectivity index (χ3n) is 10.6. The molecule has 7 rings (SSSR count). The minimum atomic E-state index is 0.145. The summed E-state index contributed by atoms with van der Waals surface area (Å²) in [6.45, 7) is 5.58. The number of benzene rings is 4. The molecule has 0 aliphatic carbocycles. The molecule has 46 heavy (non-hydrogen) atoms. The summed E-state index contributed by atoms with van der Waals surface area (Å²) >= 11 is 0. The molecule has 3 atom stereocenters. The lowest BCUT2D eigenvalue weighted by atomic mass is 9.91. The van der Waals surface area contributed by atoms with Crippen LogP contribution in [0.4, 0.5) is 11.4 Å². The Balaban J connectivity index is 1.19. The molecule has 1 fully saturated rings. The van der Waals surface area contributed by atoms with Gasteiger partial charge >= 0.3 is 0 Å². The normalized spacial score (nSPS) is 22.4. The van der Waals surface area contributed by atoms with Gasteiger partial charge in [0.1, 0.15) is 36.0 Å². The molecule has 240 valence electrons. The first kappa shape index (κ1) is 30.9. The number of piperazine rings is 1. The number of nitrogens with zero attached hydrogens (tertiary/aromatic N) is 2. The van der Waals surface area contributed by atoms with Crippen LogP contribution in [-0.4, -0.2) is 64.6 Å². The lowest BCUT2D eigenvalue weighted by molar-refractivity contribution is 0.00828. The van der Waals surface area contributed by atoms with Crippen LogP contribution in [-0.2, 0) is 22.3 Å². The molecule has 0 N–H and O–H groups in total. The third-order valence-corrected chi connectivity index (χ3v) is 10.6. The van der Waals surface area contributed by atoms with Gasteiger partial charge in [-0.05, 0) is 78.6 Å². The van der Waals surface area contributed by atoms with Gasteiger partial charge in [-0.3, -0.25) is 9.38 Å². The van der Waals surface area contributed by atoms with Crippen molar-refractivity contribution in [2.75, 3.05) is 53.6 Å². The van der Waals surface area contributed by atoms with Crippen molar-refractivity contribution in [2.45, 2.75) is 50.4 Å². The SMILES string of the molecule is COc1ccc([N+]2(c3ccc(OC)cc3)CCN(CCC3OCCc4ccccc43)C(CCC3OCCc4ccccc43)C2)cc1. The zero-order chi connectivity index (χ0) is 31.3. The second-order valence-corrected chi connectivity index (χ2v) is 12.9. The first-order valence-corrected chi connectivity index (χ1v) is 17.0. The Labute approximate surface area is 274 Å². The number of hydrogen-bond acceptors (Lipinski definition) is 5. The predicted octanol–water partition coefficient (Wildman–Crippen LogP) is 7.83. The number of hydrogen-bond donors (Lipinski definition) is 0. The van der Waals surface area contributed by atoms with Crippen molar-refractivity contribution in [1.82, 2.24) is 9.38 Å². The molecule has 0 radical (unpaired) electrons. The molecule has 0 saturated carbocycles. The van der Waals surface area contributed by atoms with E-state index in [-0.39, 0.29) is 12.2 Å². The first-order chi connectivity index (χ1) is 22.7. The van der Waals surface area contributed by atoms with Gasteiger partial charge in [0, 0.05) is 37.4 Å². The van der Waals surface area contributed by atoms with Gasteiger partial charge in [-0.1, -0.05) is 48.5 Å².